The highest BCUT2D eigenvalue weighted by atomic mass is 32.2. The van der Waals surface area contributed by atoms with E-state index < -0.39 is 10.0 Å². The number of nitrogens with zero attached hydrogens (tertiary/aromatic N) is 1. The van der Waals surface area contributed by atoms with Gasteiger partial charge in [-0.15, -0.1) is 0 Å². The predicted octanol–water partition coefficient (Wildman–Crippen LogP) is 2.22. The Balaban J connectivity index is 1.52. The van der Waals surface area contributed by atoms with Crippen LogP contribution in [0, 0.1) is 5.82 Å². The second kappa shape index (κ2) is 9.78. The molecule has 1 heterocycles. The number of amides is 1. The largest absolute Gasteiger partial charge is 0.379 e. The first-order chi connectivity index (χ1) is 13.9. The number of hydrogen-bond donors (Lipinski definition) is 1. The monoisotopic (exact) mass is 418 g/mol. The van der Waals surface area contributed by atoms with E-state index in [0.717, 1.165) is 5.56 Å². The van der Waals surface area contributed by atoms with Crippen molar-refractivity contribution in [1.82, 2.24) is 9.62 Å². The molecule has 2 aromatic rings. The predicted molar refractivity (Wildman–Crippen MR) is 108 cm³/mol. The molecule has 0 spiro atoms. The minimum atomic E-state index is -3.53. The van der Waals surface area contributed by atoms with Crippen molar-refractivity contribution in [2.75, 3.05) is 32.8 Å². The summed E-state index contributed by atoms with van der Waals surface area (Å²) in [6.45, 7) is 1.88. The lowest BCUT2D eigenvalue weighted by Gasteiger charge is -2.26. The Labute approximate surface area is 170 Å². The Hall–Kier alpha value is -2.55. The molecule has 0 aliphatic carbocycles. The molecule has 0 saturated carbocycles. The van der Waals surface area contributed by atoms with Gasteiger partial charge in [0.05, 0.1) is 18.1 Å². The SMILES string of the molecule is O=C(/C=C/c1ccc(S(=O)(=O)N2CCOCC2)cc1)NCCc1cccc(F)c1. The van der Waals surface area contributed by atoms with Crippen LogP contribution in [-0.4, -0.2) is 51.5 Å². The number of sulfonamides is 1. The van der Waals surface area contributed by atoms with Crippen LogP contribution in [-0.2, 0) is 26.0 Å². The van der Waals surface area contributed by atoms with Crippen LogP contribution in [0.1, 0.15) is 11.1 Å². The van der Waals surface area contributed by atoms with Gasteiger partial charge in [0, 0.05) is 25.7 Å². The highest BCUT2D eigenvalue weighted by Crippen LogP contribution is 2.18. The lowest BCUT2D eigenvalue weighted by molar-refractivity contribution is -0.116. The first-order valence-electron chi connectivity index (χ1n) is 9.33. The van der Waals surface area contributed by atoms with E-state index in [4.69, 9.17) is 4.74 Å². The normalized spacial score (nSPS) is 15.5. The standard InChI is InChI=1S/C21H23FN2O4S/c22-19-3-1-2-18(16-19)10-11-23-21(25)9-6-17-4-7-20(8-5-17)29(26,27)24-12-14-28-15-13-24/h1-9,16H,10-15H2,(H,23,25)/b9-6+. The quantitative estimate of drug-likeness (QED) is 0.700. The number of carbonyl (C=O) groups excluding carboxylic acids is 1. The van der Waals surface area contributed by atoms with E-state index >= 15 is 0 Å². The fourth-order valence-electron chi connectivity index (χ4n) is 2.94. The maximum absolute atomic E-state index is 13.1. The third kappa shape index (κ3) is 5.96. The number of halogens is 1. The first kappa shape index (κ1) is 21.2. The van der Waals surface area contributed by atoms with Crippen LogP contribution in [0.2, 0.25) is 0 Å². The van der Waals surface area contributed by atoms with Gasteiger partial charge in [-0.05, 0) is 47.9 Å². The molecule has 0 bridgehead atoms. The lowest BCUT2D eigenvalue weighted by atomic mass is 10.1. The van der Waals surface area contributed by atoms with Gasteiger partial charge in [0.25, 0.3) is 0 Å². The number of rotatable bonds is 7. The summed E-state index contributed by atoms with van der Waals surface area (Å²) in [5.41, 5.74) is 1.53. The van der Waals surface area contributed by atoms with Gasteiger partial charge in [0.15, 0.2) is 0 Å². The summed E-state index contributed by atoms with van der Waals surface area (Å²) in [4.78, 5) is 12.1. The van der Waals surface area contributed by atoms with E-state index in [2.05, 4.69) is 5.32 Å². The molecule has 0 aromatic heterocycles. The van der Waals surface area contributed by atoms with Gasteiger partial charge in [-0.3, -0.25) is 4.79 Å². The summed E-state index contributed by atoms with van der Waals surface area (Å²) < 4.78 is 44.9. The molecule has 0 radical (unpaired) electrons. The molecule has 1 aliphatic rings. The van der Waals surface area contributed by atoms with Gasteiger partial charge >= 0.3 is 0 Å². The lowest BCUT2D eigenvalue weighted by Crippen LogP contribution is -2.40. The molecule has 154 valence electrons. The summed E-state index contributed by atoms with van der Waals surface area (Å²) >= 11 is 0. The molecule has 1 saturated heterocycles. The highest BCUT2D eigenvalue weighted by Gasteiger charge is 2.25. The van der Waals surface area contributed by atoms with Gasteiger partial charge in [-0.2, -0.15) is 4.31 Å². The fourth-order valence-corrected chi connectivity index (χ4v) is 4.35. The Morgan fingerprint density at radius 2 is 1.86 bits per heavy atom. The van der Waals surface area contributed by atoms with Crippen LogP contribution in [0.25, 0.3) is 6.08 Å². The van der Waals surface area contributed by atoms with Crippen molar-refractivity contribution in [3.63, 3.8) is 0 Å². The van der Waals surface area contributed by atoms with Gasteiger partial charge < -0.3 is 10.1 Å². The topological polar surface area (TPSA) is 75.7 Å². The third-order valence-corrected chi connectivity index (χ3v) is 6.43. The van der Waals surface area contributed by atoms with Gasteiger partial charge in [-0.25, -0.2) is 12.8 Å². The molecule has 1 N–H and O–H groups in total. The second-order valence-corrected chi connectivity index (χ2v) is 8.53. The zero-order chi connectivity index (χ0) is 20.7. The Morgan fingerprint density at radius 1 is 1.14 bits per heavy atom. The molecular formula is C21H23FN2O4S. The average molecular weight is 418 g/mol. The van der Waals surface area contributed by atoms with Crippen LogP contribution in [0.3, 0.4) is 0 Å². The van der Waals surface area contributed by atoms with Crippen molar-refractivity contribution in [2.45, 2.75) is 11.3 Å². The Morgan fingerprint density at radius 3 is 2.55 bits per heavy atom. The number of ether oxygens (including phenoxy) is 1. The zero-order valence-electron chi connectivity index (χ0n) is 15.9. The molecule has 2 aromatic carbocycles. The first-order valence-corrected chi connectivity index (χ1v) is 10.8. The zero-order valence-corrected chi connectivity index (χ0v) is 16.7. The molecule has 3 rings (SSSR count). The smallest absolute Gasteiger partial charge is 0.244 e. The van der Waals surface area contributed by atoms with Crippen molar-refractivity contribution in [3.8, 4) is 0 Å². The van der Waals surface area contributed by atoms with E-state index in [1.165, 1.54) is 34.6 Å². The minimum Gasteiger partial charge on any atom is -0.379 e. The summed E-state index contributed by atoms with van der Waals surface area (Å²) in [5, 5.41) is 2.74. The number of carbonyl (C=O) groups is 1. The number of nitrogens with one attached hydrogen (secondary N) is 1. The van der Waals surface area contributed by atoms with Crippen LogP contribution >= 0.6 is 0 Å². The van der Waals surface area contributed by atoms with E-state index in [1.807, 2.05) is 0 Å². The molecule has 29 heavy (non-hydrogen) atoms. The van der Waals surface area contributed by atoms with Crippen LogP contribution < -0.4 is 5.32 Å². The van der Waals surface area contributed by atoms with Gasteiger partial charge in [-0.1, -0.05) is 24.3 Å². The molecule has 0 unspecified atom stereocenters. The van der Waals surface area contributed by atoms with E-state index in [0.29, 0.717) is 44.8 Å². The fraction of sp³-hybridized carbons (Fsp3) is 0.286. The van der Waals surface area contributed by atoms with E-state index in [9.17, 15) is 17.6 Å². The Kier molecular flexibility index (Phi) is 7.13. The molecule has 0 atom stereocenters. The van der Waals surface area contributed by atoms with Crippen molar-refractivity contribution < 1.29 is 22.3 Å². The minimum absolute atomic E-state index is 0.219. The molecule has 8 heteroatoms. The van der Waals surface area contributed by atoms with Crippen LogP contribution in [0.5, 0.6) is 0 Å². The van der Waals surface area contributed by atoms with Crippen LogP contribution in [0.15, 0.2) is 59.5 Å². The molecule has 6 nitrogen and oxygen atoms in total. The molecule has 1 aliphatic heterocycles. The molecular weight excluding hydrogens is 395 g/mol. The molecule has 1 amide bonds. The number of morpholine rings is 1. The van der Waals surface area contributed by atoms with Crippen molar-refractivity contribution in [1.29, 1.82) is 0 Å². The summed E-state index contributed by atoms with van der Waals surface area (Å²) in [6.07, 6.45) is 3.53. The maximum Gasteiger partial charge on any atom is 0.244 e. The van der Waals surface area contributed by atoms with E-state index in [-0.39, 0.29) is 16.6 Å². The second-order valence-electron chi connectivity index (χ2n) is 6.59. The summed E-state index contributed by atoms with van der Waals surface area (Å²) in [5.74, 6) is -0.570. The van der Waals surface area contributed by atoms with Crippen molar-refractivity contribution in [2.24, 2.45) is 0 Å². The summed E-state index contributed by atoms with van der Waals surface area (Å²) in [6, 6.07) is 12.6. The van der Waals surface area contributed by atoms with Crippen LogP contribution in [0.4, 0.5) is 4.39 Å². The van der Waals surface area contributed by atoms with E-state index in [1.54, 1.807) is 30.3 Å². The number of hydrogen-bond acceptors (Lipinski definition) is 4. The number of benzene rings is 2. The van der Waals surface area contributed by atoms with Crippen molar-refractivity contribution in [3.05, 3.63) is 71.6 Å². The van der Waals surface area contributed by atoms with Gasteiger partial charge in [0.1, 0.15) is 5.82 Å². The highest BCUT2D eigenvalue weighted by molar-refractivity contribution is 7.89. The summed E-state index contributed by atoms with van der Waals surface area (Å²) in [7, 11) is -3.53. The van der Waals surface area contributed by atoms with Gasteiger partial charge in [0.2, 0.25) is 15.9 Å². The third-order valence-electron chi connectivity index (χ3n) is 4.52. The maximum atomic E-state index is 13.1. The molecule has 1 fully saturated rings. The van der Waals surface area contributed by atoms with Crippen molar-refractivity contribution >= 4 is 22.0 Å². The Bertz CT molecular complexity index is 968. The average Bonchev–Trinajstić information content (AvgIpc) is 2.73.